The Morgan fingerprint density at radius 1 is 0.789 bits per heavy atom. The fourth-order valence-corrected chi connectivity index (χ4v) is 2.61. The van der Waals surface area contributed by atoms with Crippen LogP contribution in [0.3, 0.4) is 0 Å². The minimum atomic E-state index is 1.21. The Morgan fingerprint density at radius 2 is 1.53 bits per heavy atom. The predicted octanol–water partition coefficient (Wildman–Crippen LogP) is 6.14. The van der Waals surface area contributed by atoms with Crippen molar-refractivity contribution in [2.24, 2.45) is 0 Å². The Bertz CT molecular complexity index is 479. The van der Waals surface area contributed by atoms with Gasteiger partial charge in [-0.1, -0.05) is 87.9 Å². The standard InChI is InChI=1S/C19H25/c1-2-3-4-5-6-7-8-12-17-14-11-15-18-13-9-10-16-19(17)18/h9-16H,2-8H2,1H3. The summed E-state index contributed by atoms with van der Waals surface area (Å²) in [6, 6.07) is 15.2. The van der Waals surface area contributed by atoms with Crippen molar-refractivity contribution in [3.05, 3.63) is 54.4 Å². The summed E-state index contributed by atoms with van der Waals surface area (Å²) in [5.41, 5.74) is 1.40. The second kappa shape index (κ2) is 7.99. The Kier molecular flexibility index (Phi) is 5.94. The van der Waals surface area contributed by atoms with E-state index in [0.717, 1.165) is 0 Å². The molecule has 1 radical (unpaired) electrons. The summed E-state index contributed by atoms with van der Waals surface area (Å²) < 4.78 is 0. The molecule has 0 fully saturated rings. The Morgan fingerprint density at radius 3 is 2.42 bits per heavy atom. The molecule has 101 valence electrons. The summed E-state index contributed by atoms with van der Waals surface area (Å²) in [5.74, 6) is 0. The zero-order valence-electron chi connectivity index (χ0n) is 12.1. The molecule has 19 heavy (non-hydrogen) atoms. The van der Waals surface area contributed by atoms with Gasteiger partial charge >= 0.3 is 0 Å². The highest BCUT2D eigenvalue weighted by Gasteiger charge is 2.00. The maximum atomic E-state index is 2.40. The molecular formula is C19H25. The van der Waals surface area contributed by atoms with E-state index in [-0.39, 0.29) is 0 Å². The quantitative estimate of drug-likeness (QED) is 0.495. The molecule has 0 unspecified atom stereocenters. The fourth-order valence-electron chi connectivity index (χ4n) is 2.61. The molecule has 0 heterocycles. The second-order valence-corrected chi connectivity index (χ2v) is 5.33. The fraction of sp³-hybridized carbons (Fsp3) is 0.421. The molecule has 0 saturated heterocycles. The van der Waals surface area contributed by atoms with Crippen LogP contribution >= 0.6 is 0 Å². The third kappa shape index (κ3) is 4.38. The molecule has 2 aromatic carbocycles. The number of hydrogen-bond donors (Lipinski definition) is 0. The van der Waals surface area contributed by atoms with Crippen LogP contribution in [0.4, 0.5) is 0 Å². The lowest BCUT2D eigenvalue weighted by molar-refractivity contribution is 0.607. The number of hydrogen-bond acceptors (Lipinski definition) is 0. The van der Waals surface area contributed by atoms with Crippen molar-refractivity contribution < 1.29 is 0 Å². The van der Waals surface area contributed by atoms with E-state index in [4.69, 9.17) is 0 Å². The molecule has 0 N–H and O–H groups in total. The van der Waals surface area contributed by atoms with E-state index in [0.29, 0.717) is 0 Å². The third-order valence-electron chi connectivity index (χ3n) is 3.75. The van der Waals surface area contributed by atoms with E-state index in [9.17, 15) is 0 Å². The van der Waals surface area contributed by atoms with Gasteiger partial charge < -0.3 is 0 Å². The Balaban J connectivity index is 1.78. The first kappa shape index (κ1) is 14.1. The number of benzene rings is 2. The summed E-state index contributed by atoms with van der Waals surface area (Å²) in [7, 11) is 0. The average Bonchev–Trinajstić information content (AvgIpc) is 2.46. The van der Waals surface area contributed by atoms with E-state index in [1.54, 1.807) is 0 Å². The van der Waals surface area contributed by atoms with Crippen molar-refractivity contribution in [1.29, 1.82) is 0 Å². The summed E-state index contributed by atoms with van der Waals surface area (Å²) >= 11 is 0. The van der Waals surface area contributed by atoms with Crippen LogP contribution in [-0.4, -0.2) is 0 Å². The van der Waals surface area contributed by atoms with Crippen LogP contribution < -0.4 is 0 Å². The number of unbranched alkanes of at least 4 members (excludes halogenated alkanes) is 6. The maximum Gasteiger partial charge on any atom is -0.00867 e. The first-order valence-electron chi connectivity index (χ1n) is 7.73. The molecule has 0 saturated carbocycles. The zero-order chi connectivity index (χ0) is 13.3. The van der Waals surface area contributed by atoms with E-state index in [1.807, 2.05) is 0 Å². The lowest BCUT2D eigenvalue weighted by Crippen LogP contribution is -1.86. The van der Waals surface area contributed by atoms with Crippen LogP contribution in [0.2, 0.25) is 0 Å². The van der Waals surface area contributed by atoms with Crippen LogP contribution in [0.15, 0.2) is 42.5 Å². The van der Waals surface area contributed by atoms with Gasteiger partial charge in [0.15, 0.2) is 0 Å². The largest absolute Gasteiger partial charge is 0.0654 e. The van der Waals surface area contributed by atoms with E-state index >= 15 is 0 Å². The second-order valence-electron chi connectivity index (χ2n) is 5.33. The van der Waals surface area contributed by atoms with Crippen molar-refractivity contribution in [3.63, 3.8) is 0 Å². The van der Waals surface area contributed by atoms with Gasteiger partial charge in [0.05, 0.1) is 0 Å². The van der Waals surface area contributed by atoms with Gasteiger partial charge in [-0.25, -0.2) is 0 Å². The molecule has 2 rings (SSSR count). The third-order valence-corrected chi connectivity index (χ3v) is 3.75. The molecule has 0 amide bonds. The minimum Gasteiger partial charge on any atom is -0.0654 e. The van der Waals surface area contributed by atoms with Crippen LogP contribution in [-0.2, 0) is 0 Å². The molecule has 0 nitrogen and oxygen atoms in total. The van der Waals surface area contributed by atoms with Crippen LogP contribution in [0.1, 0.15) is 57.4 Å². The van der Waals surface area contributed by atoms with Crippen LogP contribution in [0.5, 0.6) is 0 Å². The molecular weight excluding hydrogens is 228 g/mol. The first-order chi connectivity index (χ1) is 9.42. The van der Waals surface area contributed by atoms with Crippen molar-refractivity contribution in [2.75, 3.05) is 0 Å². The highest BCUT2D eigenvalue weighted by atomic mass is 14.0. The molecule has 0 aliphatic carbocycles. The van der Waals surface area contributed by atoms with Gasteiger partial charge in [-0.15, -0.1) is 0 Å². The van der Waals surface area contributed by atoms with Gasteiger partial charge in [0.1, 0.15) is 0 Å². The monoisotopic (exact) mass is 253 g/mol. The summed E-state index contributed by atoms with van der Waals surface area (Å²) in [5, 5.41) is 2.73. The topological polar surface area (TPSA) is 0 Å². The van der Waals surface area contributed by atoms with Crippen molar-refractivity contribution >= 4 is 10.8 Å². The number of fused-ring (bicyclic) bond motifs is 1. The zero-order valence-corrected chi connectivity index (χ0v) is 12.1. The van der Waals surface area contributed by atoms with Crippen molar-refractivity contribution in [2.45, 2.75) is 51.9 Å². The van der Waals surface area contributed by atoms with Gasteiger partial charge in [-0.2, -0.15) is 0 Å². The maximum absolute atomic E-state index is 2.40. The van der Waals surface area contributed by atoms with Crippen LogP contribution in [0.25, 0.3) is 10.8 Å². The molecule has 0 aliphatic heterocycles. The summed E-state index contributed by atoms with van der Waals surface area (Å²) in [6.07, 6.45) is 11.9. The Hall–Kier alpha value is -1.30. The highest BCUT2D eigenvalue weighted by Crippen LogP contribution is 2.21. The van der Waals surface area contributed by atoms with E-state index < -0.39 is 0 Å². The van der Waals surface area contributed by atoms with Crippen molar-refractivity contribution in [1.82, 2.24) is 0 Å². The molecule has 0 spiro atoms. The SMILES string of the molecule is CCCCCCCC[CH]c1cccc2ccccc12. The molecule has 0 atom stereocenters. The molecule has 2 aromatic rings. The molecule has 0 aliphatic rings. The molecule has 0 bridgehead atoms. The van der Waals surface area contributed by atoms with Crippen LogP contribution in [0, 0.1) is 6.42 Å². The minimum absolute atomic E-state index is 1.21. The predicted molar refractivity (Wildman–Crippen MR) is 85.3 cm³/mol. The smallest absolute Gasteiger partial charge is 0.00867 e. The Labute approximate surface area is 117 Å². The molecule has 0 heteroatoms. The summed E-state index contributed by atoms with van der Waals surface area (Å²) in [6.45, 7) is 2.27. The molecule has 0 aromatic heterocycles. The summed E-state index contributed by atoms with van der Waals surface area (Å²) in [4.78, 5) is 0. The lowest BCUT2D eigenvalue weighted by Gasteiger charge is -2.06. The lowest BCUT2D eigenvalue weighted by atomic mass is 9.99. The van der Waals surface area contributed by atoms with Gasteiger partial charge in [0.2, 0.25) is 0 Å². The van der Waals surface area contributed by atoms with E-state index in [2.05, 4.69) is 55.8 Å². The number of rotatable bonds is 8. The van der Waals surface area contributed by atoms with Gasteiger partial charge in [0, 0.05) is 0 Å². The average molecular weight is 253 g/mol. The first-order valence-corrected chi connectivity index (χ1v) is 7.73. The van der Waals surface area contributed by atoms with Gasteiger partial charge in [-0.05, 0) is 29.2 Å². The van der Waals surface area contributed by atoms with Gasteiger partial charge in [0.25, 0.3) is 0 Å². The van der Waals surface area contributed by atoms with E-state index in [1.165, 1.54) is 61.3 Å². The van der Waals surface area contributed by atoms with Crippen molar-refractivity contribution in [3.8, 4) is 0 Å². The highest BCUT2D eigenvalue weighted by molar-refractivity contribution is 5.86. The van der Waals surface area contributed by atoms with Gasteiger partial charge in [-0.3, -0.25) is 0 Å². The normalized spacial score (nSPS) is 11.0.